The Balaban J connectivity index is 1.99. The molecule has 1 amide bonds. The van der Waals surface area contributed by atoms with Crippen LogP contribution in [0.25, 0.3) is 0 Å². The van der Waals surface area contributed by atoms with Gasteiger partial charge in [0.2, 0.25) is 0 Å². The first-order valence-corrected chi connectivity index (χ1v) is 9.60. The van der Waals surface area contributed by atoms with Crippen molar-refractivity contribution in [2.75, 3.05) is 31.4 Å². The summed E-state index contributed by atoms with van der Waals surface area (Å²) in [5.41, 5.74) is -0.795. The Bertz CT molecular complexity index is 1190. The summed E-state index contributed by atoms with van der Waals surface area (Å²) in [5, 5.41) is 13.3. The SMILES string of the molecule is Cc1coc([C@@H](C(C)F)N(C)c2c(Nc3cccc(C(=O)N(C)C)c3O)c(=O)c2=O)c1. The van der Waals surface area contributed by atoms with Crippen molar-refractivity contribution < 1.29 is 18.7 Å². The molecule has 0 spiro atoms. The summed E-state index contributed by atoms with van der Waals surface area (Å²) < 4.78 is 19.9. The summed E-state index contributed by atoms with van der Waals surface area (Å²) in [7, 11) is 4.58. The highest BCUT2D eigenvalue weighted by Gasteiger charge is 2.34. The number of hydrogen-bond donors (Lipinski definition) is 2. The lowest BCUT2D eigenvalue weighted by atomic mass is 10.0. The summed E-state index contributed by atoms with van der Waals surface area (Å²) >= 11 is 0. The van der Waals surface area contributed by atoms with E-state index < -0.39 is 29.0 Å². The Kier molecular flexibility index (Phi) is 5.88. The van der Waals surface area contributed by atoms with Crippen LogP contribution in [0.1, 0.15) is 34.6 Å². The molecular formula is C22H24FN3O5. The number of nitrogens with zero attached hydrogens (tertiary/aromatic N) is 2. The molecule has 3 aromatic rings. The van der Waals surface area contributed by atoms with Gasteiger partial charge in [-0.05, 0) is 37.6 Å². The number of carbonyl (C=O) groups is 1. The van der Waals surface area contributed by atoms with Crippen molar-refractivity contribution in [3.8, 4) is 5.75 Å². The fourth-order valence-electron chi connectivity index (χ4n) is 3.50. The van der Waals surface area contributed by atoms with E-state index in [1.54, 1.807) is 27.1 Å². The van der Waals surface area contributed by atoms with Gasteiger partial charge in [-0.3, -0.25) is 14.4 Å². The van der Waals surface area contributed by atoms with Crippen LogP contribution in [0.3, 0.4) is 0 Å². The van der Waals surface area contributed by atoms with Gasteiger partial charge < -0.3 is 24.6 Å². The third kappa shape index (κ3) is 3.90. The van der Waals surface area contributed by atoms with E-state index >= 15 is 0 Å². The maximum Gasteiger partial charge on any atom is 0.257 e. The van der Waals surface area contributed by atoms with Gasteiger partial charge in [0.25, 0.3) is 16.8 Å². The molecule has 2 aromatic carbocycles. The number of phenols is 1. The van der Waals surface area contributed by atoms with E-state index in [0.717, 1.165) is 5.56 Å². The maximum absolute atomic E-state index is 14.5. The average Bonchev–Trinajstić information content (AvgIpc) is 3.13. The molecule has 0 bridgehead atoms. The number of phenolic OH excluding ortho intramolecular Hbond substituents is 1. The number of furan rings is 1. The van der Waals surface area contributed by atoms with Gasteiger partial charge in [-0.25, -0.2) is 4.39 Å². The summed E-state index contributed by atoms with van der Waals surface area (Å²) in [5.74, 6) is -0.474. The Labute approximate surface area is 178 Å². The summed E-state index contributed by atoms with van der Waals surface area (Å²) in [6, 6.07) is 5.17. The van der Waals surface area contributed by atoms with Gasteiger partial charge in [-0.15, -0.1) is 0 Å². The number of amides is 1. The fourth-order valence-corrected chi connectivity index (χ4v) is 3.50. The summed E-state index contributed by atoms with van der Waals surface area (Å²) in [6.45, 7) is 3.13. The van der Waals surface area contributed by atoms with Gasteiger partial charge in [0.15, 0.2) is 5.75 Å². The molecule has 2 N–H and O–H groups in total. The Morgan fingerprint density at radius 3 is 2.42 bits per heavy atom. The maximum atomic E-state index is 14.5. The lowest BCUT2D eigenvalue weighted by Crippen LogP contribution is -2.43. The van der Waals surface area contributed by atoms with Crippen molar-refractivity contribution >= 4 is 23.0 Å². The van der Waals surface area contributed by atoms with Gasteiger partial charge in [-0.1, -0.05) is 6.07 Å². The second-order valence-electron chi connectivity index (χ2n) is 7.67. The number of alkyl halides is 1. The number of aromatic hydroxyl groups is 1. The molecule has 1 aromatic heterocycles. The van der Waals surface area contributed by atoms with Gasteiger partial charge in [0.05, 0.1) is 17.5 Å². The predicted octanol–water partition coefficient (Wildman–Crippen LogP) is 2.87. The number of carbonyl (C=O) groups excluding carboxylic acids is 1. The first-order valence-electron chi connectivity index (χ1n) is 9.60. The molecule has 0 aliphatic heterocycles. The van der Waals surface area contributed by atoms with Crippen LogP contribution in [0.4, 0.5) is 21.5 Å². The fraction of sp³-hybridized carbons (Fsp3) is 0.318. The first-order chi connectivity index (χ1) is 14.5. The molecule has 164 valence electrons. The number of anilines is 3. The molecule has 0 fully saturated rings. The van der Waals surface area contributed by atoms with Crippen molar-refractivity contribution in [2.45, 2.75) is 26.1 Å². The number of aryl methyl sites for hydroxylation is 1. The van der Waals surface area contributed by atoms with E-state index in [0.29, 0.717) is 5.76 Å². The molecule has 0 aliphatic rings. The minimum absolute atomic E-state index is 0.0303. The van der Waals surface area contributed by atoms with Crippen LogP contribution < -0.4 is 21.1 Å². The molecule has 0 radical (unpaired) electrons. The Morgan fingerprint density at radius 2 is 1.87 bits per heavy atom. The van der Waals surface area contributed by atoms with Crippen molar-refractivity contribution in [1.29, 1.82) is 0 Å². The second-order valence-corrected chi connectivity index (χ2v) is 7.67. The smallest absolute Gasteiger partial charge is 0.257 e. The Morgan fingerprint density at radius 1 is 1.19 bits per heavy atom. The van der Waals surface area contributed by atoms with E-state index in [2.05, 4.69) is 5.32 Å². The van der Waals surface area contributed by atoms with E-state index in [-0.39, 0.29) is 28.4 Å². The molecule has 0 saturated carbocycles. The number of rotatable bonds is 7. The first kappa shape index (κ1) is 22.1. The van der Waals surface area contributed by atoms with Crippen LogP contribution in [0.15, 0.2) is 44.5 Å². The summed E-state index contributed by atoms with van der Waals surface area (Å²) in [6.07, 6.45) is 0.0627. The quantitative estimate of drug-likeness (QED) is 0.440. The zero-order chi connectivity index (χ0) is 23.0. The third-order valence-corrected chi connectivity index (χ3v) is 5.06. The number of para-hydroxylation sites is 1. The van der Waals surface area contributed by atoms with Crippen molar-refractivity contribution in [2.24, 2.45) is 0 Å². The molecule has 9 heteroatoms. The lowest BCUT2D eigenvalue weighted by molar-refractivity contribution is 0.0824. The van der Waals surface area contributed by atoms with Crippen LogP contribution in [-0.4, -0.2) is 43.2 Å². The van der Waals surface area contributed by atoms with Crippen molar-refractivity contribution in [3.63, 3.8) is 0 Å². The summed E-state index contributed by atoms with van der Waals surface area (Å²) in [4.78, 5) is 39.5. The normalized spacial score (nSPS) is 13.1. The molecular weight excluding hydrogens is 405 g/mol. The van der Waals surface area contributed by atoms with E-state index in [1.807, 2.05) is 0 Å². The van der Waals surface area contributed by atoms with E-state index in [4.69, 9.17) is 4.42 Å². The molecule has 1 heterocycles. The highest BCUT2D eigenvalue weighted by Crippen LogP contribution is 2.36. The minimum atomic E-state index is -1.41. The largest absolute Gasteiger partial charge is 0.505 e. The Hall–Kier alpha value is -3.62. The van der Waals surface area contributed by atoms with Crippen LogP contribution in [0, 0.1) is 6.92 Å². The number of benzene rings is 1. The zero-order valence-corrected chi connectivity index (χ0v) is 17.9. The molecule has 0 saturated heterocycles. The molecule has 31 heavy (non-hydrogen) atoms. The van der Waals surface area contributed by atoms with E-state index in [1.165, 1.54) is 48.2 Å². The van der Waals surface area contributed by atoms with Crippen LogP contribution >= 0.6 is 0 Å². The number of halogens is 1. The predicted molar refractivity (Wildman–Crippen MR) is 116 cm³/mol. The van der Waals surface area contributed by atoms with Gasteiger partial charge >= 0.3 is 0 Å². The lowest BCUT2D eigenvalue weighted by Gasteiger charge is -2.31. The number of hydrogen-bond acceptors (Lipinski definition) is 7. The van der Waals surface area contributed by atoms with Gasteiger partial charge in [0, 0.05) is 21.1 Å². The highest BCUT2D eigenvalue weighted by molar-refractivity contribution is 5.99. The monoisotopic (exact) mass is 429 g/mol. The zero-order valence-electron chi connectivity index (χ0n) is 17.9. The molecule has 0 aliphatic carbocycles. The molecule has 8 nitrogen and oxygen atoms in total. The number of nitrogens with one attached hydrogen (secondary N) is 1. The molecule has 1 unspecified atom stereocenters. The topological polar surface area (TPSA) is 103 Å². The van der Waals surface area contributed by atoms with Crippen LogP contribution in [-0.2, 0) is 0 Å². The molecule has 2 atom stereocenters. The van der Waals surface area contributed by atoms with Crippen LogP contribution in [0.2, 0.25) is 0 Å². The molecule has 3 rings (SSSR count). The van der Waals surface area contributed by atoms with Crippen LogP contribution in [0.5, 0.6) is 5.75 Å². The second kappa shape index (κ2) is 8.25. The van der Waals surface area contributed by atoms with E-state index in [9.17, 15) is 23.9 Å². The van der Waals surface area contributed by atoms with Gasteiger partial charge in [-0.2, -0.15) is 0 Å². The average molecular weight is 429 g/mol. The minimum Gasteiger partial charge on any atom is -0.505 e. The highest BCUT2D eigenvalue weighted by atomic mass is 19.1. The van der Waals surface area contributed by atoms with Gasteiger partial charge in [0.1, 0.15) is 29.3 Å². The third-order valence-electron chi connectivity index (χ3n) is 5.06. The standard InChI is InChI=1S/C22H24FN3O5/c1-11-9-15(31-10-11)17(12(2)23)26(5)18-16(20(28)21(18)29)24-14-8-6-7-13(19(14)27)22(30)25(3)4/h6-10,12,17,24,27H,1-5H3/t12?,17-/m1/s1. The van der Waals surface area contributed by atoms with Crippen molar-refractivity contribution in [3.05, 3.63) is 67.9 Å². The van der Waals surface area contributed by atoms with Crippen molar-refractivity contribution in [1.82, 2.24) is 4.90 Å².